The number of carbonyl (C=O) groups is 1. The summed E-state index contributed by atoms with van der Waals surface area (Å²) in [6.07, 6.45) is 0.662. The number of aryl methyl sites for hydroxylation is 3. The van der Waals surface area contributed by atoms with Crippen LogP contribution in [0.25, 0.3) is 22.2 Å². The molecule has 0 bridgehead atoms. The first-order valence-electron chi connectivity index (χ1n) is 9.49. The van der Waals surface area contributed by atoms with Crippen LogP contribution in [0.3, 0.4) is 0 Å². The van der Waals surface area contributed by atoms with E-state index in [1.165, 1.54) is 17.4 Å². The first-order chi connectivity index (χ1) is 14.4. The third-order valence-electron chi connectivity index (χ3n) is 4.50. The van der Waals surface area contributed by atoms with Gasteiger partial charge in [0.05, 0.1) is 5.69 Å². The van der Waals surface area contributed by atoms with Gasteiger partial charge in [-0.1, -0.05) is 19.1 Å². The number of furan rings is 1. The first kappa shape index (κ1) is 19.8. The van der Waals surface area contributed by atoms with Crippen LogP contribution in [0.5, 0.6) is 0 Å². The number of hydrogen-bond acceptors (Lipinski definition) is 6. The highest BCUT2D eigenvalue weighted by Crippen LogP contribution is 2.30. The van der Waals surface area contributed by atoms with Gasteiger partial charge < -0.3 is 14.7 Å². The van der Waals surface area contributed by atoms with Crippen LogP contribution in [0.2, 0.25) is 0 Å². The minimum atomic E-state index is -0.250. The first-order valence-corrected chi connectivity index (χ1v) is 10.3. The molecule has 0 fully saturated rings. The highest BCUT2D eigenvalue weighted by Gasteiger charge is 2.18. The molecule has 30 heavy (non-hydrogen) atoms. The maximum absolute atomic E-state index is 12.8. The molecule has 1 aromatic carbocycles. The lowest BCUT2D eigenvalue weighted by Crippen LogP contribution is -2.12. The fourth-order valence-electron chi connectivity index (χ4n) is 3.02. The van der Waals surface area contributed by atoms with Crippen LogP contribution in [-0.2, 0) is 6.42 Å². The van der Waals surface area contributed by atoms with Crippen molar-refractivity contribution in [2.75, 3.05) is 5.32 Å². The van der Waals surface area contributed by atoms with Crippen molar-refractivity contribution in [3.8, 4) is 22.2 Å². The Morgan fingerprint density at radius 2 is 2.00 bits per heavy atom. The van der Waals surface area contributed by atoms with E-state index >= 15 is 0 Å². The van der Waals surface area contributed by atoms with Gasteiger partial charge in [0, 0.05) is 23.0 Å². The predicted octanol–water partition coefficient (Wildman–Crippen LogP) is 4.58. The van der Waals surface area contributed by atoms with Crippen LogP contribution in [0.15, 0.2) is 51.7 Å². The molecule has 0 unspecified atom stereocenters. The van der Waals surface area contributed by atoms with Crippen molar-refractivity contribution < 1.29 is 9.21 Å². The van der Waals surface area contributed by atoms with Crippen molar-refractivity contribution in [3.05, 3.63) is 74.8 Å². The molecule has 0 spiro atoms. The normalized spacial score (nSPS) is 10.9. The maximum Gasteiger partial charge on any atom is 0.267 e. The second-order valence-corrected chi connectivity index (χ2v) is 7.82. The second kappa shape index (κ2) is 8.08. The maximum atomic E-state index is 12.8. The van der Waals surface area contributed by atoms with Crippen molar-refractivity contribution in [1.29, 1.82) is 0 Å². The Hall–Kier alpha value is -3.52. The molecular formula is C22H20N4O3S. The van der Waals surface area contributed by atoms with Gasteiger partial charge in [-0.2, -0.15) is 0 Å². The molecule has 4 rings (SSSR count). The highest BCUT2D eigenvalue weighted by molar-refractivity contribution is 7.17. The summed E-state index contributed by atoms with van der Waals surface area (Å²) in [4.78, 5) is 36.9. The van der Waals surface area contributed by atoms with Crippen molar-refractivity contribution in [2.24, 2.45) is 0 Å². The Bertz CT molecular complexity index is 1290. The second-order valence-electron chi connectivity index (χ2n) is 6.82. The van der Waals surface area contributed by atoms with Gasteiger partial charge in [0.25, 0.3) is 11.5 Å². The van der Waals surface area contributed by atoms with Gasteiger partial charge in [-0.25, -0.2) is 9.97 Å². The van der Waals surface area contributed by atoms with Crippen molar-refractivity contribution in [1.82, 2.24) is 15.0 Å². The molecule has 0 saturated carbocycles. The van der Waals surface area contributed by atoms with Gasteiger partial charge in [-0.15, -0.1) is 11.3 Å². The number of carbonyl (C=O) groups excluding carboxylic acids is 1. The standard InChI is InChI=1S/C22H20N4O3S/c1-4-15-11-18(27)26-20(24-15)14-6-5-7-16(10-14)25-21(28)19-13(3)23-22(30-19)17-9-8-12(2)29-17/h5-11H,4H2,1-3H3,(H,25,28)(H,24,26,27). The molecule has 0 aliphatic carbocycles. The zero-order valence-electron chi connectivity index (χ0n) is 16.8. The van der Waals surface area contributed by atoms with E-state index < -0.39 is 0 Å². The van der Waals surface area contributed by atoms with Gasteiger partial charge in [0.2, 0.25) is 0 Å². The largest absolute Gasteiger partial charge is 0.459 e. The van der Waals surface area contributed by atoms with Crippen molar-refractivity contribution in [2.45, 2.75) is 27.2 Å². The molecule has 0 aliphatic rings. The van der Waals surface area contributed by atoms with E-state index in [4.69, 9.17) is 4.42 Å². The Labute approximate surface area is 176 Å². The van der Waals surface area contributed by atoms with Crippen LogP contribution < -0.4 is 10.9 Å². The van der Waals surface area contributed by atoms with Crippen LogP contribution in [0.1, 0.15) is 33.7 Å². The van der Waals surface area contributed by atoms with E-state index in [1.807, 2.05) is 32.0 Å². The molecule has 0 radical (unpaired) electrons. The minimum Gasteiger partial charge on any atom is -0.459 e. The topological polar surface area (TPSA) is 101 Å². The van der Waals surface area contributed by atoms with Crippen molar-refractivity contribution >= 4 is 22.9 Å². The molecule has 3 aromatic heterocycles. The summed E-state index contributed by atoms with van der Waals surface area (Å²) in [5.41, 5.74) is 2.47. The molecule has 1 amide bonds. The fourth-order valence-corrected chi connectivity index (χ4v) is 3.94. The number of thiazole rings is 1. The molecule has 0 aliphatic heterocycles. The monoisotopic (exact) mass is 420 g/mol. The molecular weight excluding hydrogens is 400 g/mol. The Balaban J connectivity index is 1.59. The summed E-state index contributed by atoms with van der Waals surface area (Å²) in [6, 6.07) is 12.4. The summed E-state index contributed by atoms with van der Waals surface area (Å²) in [5, 5.41) is 3.57. The smallest absolute Gasteiger partial charge is 0.267 e. The fraction of sp³-hybridized carbons (Fsp3) is 0.182. The molecule has 7 nitrogen and oxygen atoms in total. The number of hydrogen-bond donors (Lipinski definition) is 2. The van der Waals surface area contributed by atoms with Gasteiger partial charge >= 0.3 is 0 Å². The lowest BCUT2D eigenvalue weighted by atomic mass is 10.1. The number of nitrogens with one attached hydrogen (secondary N) is 2. The van der Waals surface area contributed by atoms with Crippen molar-refractivity contribution in [3.63, 3.8) is 0 Å². The summed E-state index contributed by atoms with van der Waals surface area (Å²) in [5.74, 6) is 1.66. The Morgan fingerprint density at radius 3 is 2.73 bits per heavy atom. The summed E-state index contributed by atoms with van der Waals surface area (Å²) >= 11 is 1.28. The van der Waals surface area contributed by atoms with Crippen LogP contribution >= 0.6 is 11.3 Å². The number of aromatic nitrogens is 3. The summed E-state index contributed by atoms with van der Waals surface area (Å²) in [6.45, 7) is 5.60. The minimum absolute atomic E-state index is 0.202. The van der Waals surface area contributed by atoms with E-state index in [9.17, 15) is 9.59 Å². The predicted molar refractivity (Wildman–Crippen MR) is 117 cm³/mol. The number of nitrogens with zero attached hydrogens (tertiary/aromatic N) is 2. The van der Waals surface area contributed by atoms with Crippen LogP contribution in [0, 0.1) is 13.8 Å². The lowest BCUT2D eigenvalue weighted by Gasteiger charge is -2.07. The highest BCUT2D eigenvalue weighted by atomic mass is 32.1. The molecule has 4 aromatic rings. The van der Waals surface area contributed by atoms with Crippen LogP contribution in [0.4, 0.5) is 5.69 Å². The SMILES string of the molecule is CCc1cc(=O)[nH]c(-c2cccc(NC(=O)c3sc(-c4ccc(C)o4)nc3C)c2)n1. The molecule has 0 atom stereocenters. The van der Waals surface area contributed by atoms with Gasteiger partial charge in [0.15, 0.2) is 10.8 Å². The van der Waals surface area contributed by atoms with E-state index in [2.05, 4.69) is 20.3 Å². The number of aromatic amines is 1. The molecule has 8 heteroatoms. The molecule has 0 saturated heterocycles. The van der Waals surface area contributed by atoms with E-state index in [1.54, 1.807) is 25.1 Å². The summed E-state index contributed by atoms with van der Waals surface area (Å²) in [7, 11) is 0. The van der Waals surface area contributed by atoms with Gasteiger partial charge in [0.1, 0.15) is 16.5 Å². The lowest BCUT2D eigenvalue weighted by molar-refractivity contribution is 0.103. The number of rotatable bonds is 5. The van der Waals surface area contributed by atoms with E-state index in [-0.39, 0.29) is 11.5 Å². The molecule has 152 valence electrons. The Kier molecular flexibility index (Phi) is 5.33. The number of benzene rings is 1. The van der Waals surface area contributed by atoms with Crippen LogP contribution in [-0.4, -0.2) is 20.9 Å². The molecule has 3 heterocycles. The zero-order valence-corrected chi connectivity index (χ0v) is 17.6. The van der Waals surface area contributed by atoms with E-state index in [0.29, 0.717) is 50.5 Å². The number of amides is 1. The molecule has 2 N–H and O–H groups in total. The average Bonchev–Trinajstić information content (AvgIpc) is 3.33. The Morgan fingerprint density at radius 1 is 1.17 bits per heavy atom. The third kappa shape index (κ3) is 4.08. The van der Waals surface area contributed by atoms with E-state index in [0.717, 1.165) is 5.76 Å². The zero-order chi connectivity index (χ0) is 21.3. The third-order valence-corrected chi connectivity index (χ3v) is 5.68. The summed E-state index contributed by atoms with van der Waals surface area (Å²) < 4.78 is 5.61. The average molecular weight is 420 g/mol. The number of anilines is 1. The van der Waals surface area contributed by atoms with Gasteiger partial charge in [-0.3, -0.25) is 9.59 Å². The quantitative estimate of drug-likeness (QED) is 0.492. The number of H-pyrrole nitrogens is 1. The van der Waals surface area contributed by atoms with Gasteiger partial charge in [-0.05, 0) is 44.5 Å².